The minimum Gasteiger partial charge on any atom is -0.416 e. The van der Waals surface area contributed by atoms with Crippen LogP contribution in [0.3, 0.4) is 0 Å². The summed E-state index contributed by atoms with van der Waals surface area (Å²) in [6, 6.07) is 49.1. The van der Waals surface area contributed by atoms with E-state index in [1.165, 1.54) is 66.4 Å². The Hall–Kier alpha value is -6.26. The maximum absolute atomic E-state index is 6.08. The monoisotopic (exact) mass is 729 g/mol. The highest BCUT2D eigenvalue weighted by molar-refractivity contribution is 6.09. The van der Waals surface area contributed by atoms with Crippen LogP contribution < -0.4 is 0 Å². The van der Waals surface area contributed by atoms with Crippen LogP contribution >= 0.6 is 0 Å². The Bertz CT molecular complexity index is 2670. The Morgan fingerprint density at radius 2 is 1.04 bits per heavy atom. The molecule has 0 atom stereocenters. The second-order valence-corrected chi connectivity index (χ2v) is 16.0. The molecular weight excluding hydrogens is 683 g/mol. The van der Waals surface area contributed by atoms with Crippen molar-refractivity contribution >= 4 is 27.4 Å². The maximum atomic E-state index is 6.08. The average molecular weight is 730 g/mol. The summed E-state index contributed by atoms with van der Waals surface area (Å²) >= 11 is 0. The topological polar surface area (TPSA) is 43.9 Å². The second kappa shape index (κ2) is 15.1. The minimum absolute atomic E-state index is 0.529. The van der Waals surface area contributed by atoms with E-state index < -0.39 is 0 Å². The van der Waals surface area contributed by atoms with E-state index in [0.29, 0.717) is 23.6 Å². The summed E-state index contributed by atoms with van der Waals surface area (Å²) in [4.78, 5) is 0. The molecule has 0 saturated carbocycles. The van der Waals surface area contributed by atoms with Gasteiger partial charge in [-0.05, 0) is 131 Å². The van der Waals surface area contributed by atoms with Crippen molar-refractivity contribution in [1.82, 2.24) is 14.8 Å². The van der Waals surface area contributed by atoms with Crippen molar-refractivity contribution in [3.63, 3.8) is 0 Å². The van der Waals surface area contributed by atoms with E-state index in [1.807, 2.05) is 0 Å². The largest absolute Gasteiger partial charge is 0.416 e. The molecule has 1 aliphatic carbocycles. The molecule has 0 bridgehead atoms. The van der Waals surface area contributed by atoms with Crippen LogP contribution in [-0.2, 0) is 12.8 Å². The second-order valence-electron chi connectivity index (χ2n) is 16.0. The van der Waals surface area contributed by atoms with Crippen LogP contribution in [0.5, 0.6) is 0 Å². The third-order valence-electron chi connectivity index (χ3n) is 10.9. The lowest BCUT2D eigenvalue weighted by Gasteiger charge is -2.16. The van der Waals surface area contributed by atoms with E-state index in [2.05, 4.69) is 194 Å². The van der Waals surface area contributed by atoms with Gasteiger partial charge in [0, 0.05) is 27.6 Å². The highest BCUT2D eigenvalue weighted by Crippen LogP contribution is 2.40. The Morgan fingerprint density at radius 1 is 0.536 bits per heavy atom. The Morgan fingerprint density at radius 3 is 1.55 bits per heavy atom. The van der Waals surface area contributed by atoms with Crippen LogP contribution in [0.15, 0.2) is 156 Å². The first-order valence-corrected chi connectivity index (χ1v) is 20.1. The van der Waals surface area contributed by atoms with Crippen molar-refractivity contribution < 1.29 is 4.42 Å². The summed E-state index contributed by atoms with van der Waals surface area (Å²) in [7, 11) is 0. The number of hydrogen-bond donors (Lipinski definition) is 0. The standard InChI is InChI=1S/C52H47N3O/c1-34(2)30-36-18-28-49-47(32-36)48-33-37(31-35(3)4)19-29-50(48)55(49)42-26-24-39(25-27-42)44-15-9-11-17-46(44)45-16-10-8-14-43(45)38-20-22-41(23-21-38)52-54-53-51(56-52)40-12-6-5-7-13-40/h6,8-29,32-35H,5,7,30-31H2,1-4H3. The van der Waals surface area contributed by atoms with Gasteiger partial charge in [-0.1, -0.05) is 131 Å². The van der Waals surface area contributed by atoms with E-state index in [-0.39, 0.29) is 0 Å². The summed E-state index contributed by atoms with van der Waals surface area (Å²) in [6.45, 7) is 9.19. The van der Waals surface area contributed by atoms with Gasteiger partial charge in [-0.2, -0.15) is 0 Å². The molecule has 0 fully saturated rings. The highest BCUT2D eigenvalue weighted by Gasteiger charge is 2.17. The number of allylic oxidation sites excluding steroid dienone is 4. The molecular formula is C52H47N3O. The third-order valence-corrected chi connectivity index (χ3v) is 10.9. The summed E-state index contributed by atoms with van der Waals surface area (Å²) in [6.07, 6.45) is 10.6. The summed E-state index contributed by atoms with van der Waals surface area (Å²) in [5.41, 5.74) is 15.4. The zero-order valence-corrected chi connectivity index (χ0v) is 32.7. The van der Waals surface area contributed by atoms with E-state index in [1.54, 1.807) is 0 Å². The Labute approximate surface area is 329 Å². The van der Waals surface area contributed by atoms with Gasteiger partial charge in [-0.3, -0.25) is 0 Å². The van der Waals surface area contributed by atoms with E-state index in [0.717, 1.165) is 42.4 Å². The number of rotatable bonds is 10. The molecule has 2 heterocycles. The zero-order chi connectivity index (χ0) is 38.2. The van der Waals surface area contributed by atoms with Crippen molar-refractivity contribution in [2.45, 2.75) is 53.4 Å². The SMILES string of the molecule is CC(C)Cc1ccc2c(c1)c1cc(CC(C)C)ccc1n2-c1ccc(-c2ccccc2-c2ccccc2-c2ccc(-c3nnc(C4=CCCC=C4)o3)cc2)cc1. The first-order chi connectivity index (χ1) is 27.4. The van der Waals surface area contributed by atoms with Crippen molar-refractivity contribution in [1.29, 1.82) is 0 Å². The smallest absolute Gasteiger partial charge is 0.248 e. The molecule has 4 heteroatoms. The van der Waals surface area contributed by atoms with Gasteiger partial charge in [0.1, 0.15) is 0 Å². The predicted octanol–water partition coefficient (Wildman–Crippen LogP) is 14.0. The van der Waals surface area contributed by atoms with E-state index in [9.17, 15) is 0 Å². The maximum Gasteiger partial charge on any atom is 0.248 e. The highest BCUT2D eigenvalue weighted by atomic mass is 16.4. The zero-order valence-electron chi connectivity index (χ0n) is 32.7. The number of hydrogen-bond acceptors (Lipinski definition) is 3. The van der Waals surface area contributed by atoms with Gasteiger partial charge in [0.25, 0.3) is 0 Å². The fourth-order valence-electron chi connectivity index (χ4n) is 8.34. The van der Waals surface area contributed by atoms with Gasteiger partial charge in [-0.15, -0.1) is 10.2 Å². The average Bonchev–Trinajstić information content (AvgIpc) is 3.84. The summed E-state index contributed by atoms with van der Waals surface area (Å²) in [5, 5.41) is 11.3. The first kappa shape index (κ1) is 35.4. The van der Waals surface area contributed by atoms with Crippen LogP contribution in [0.2, 0.25) is 0 Å². The molecule has 0 spiro atoms. The van der Waals surface area contributed by atoms with Gasteiger partial charge in [0.15, 0.2) is 0 Å². The predicted molar refractivity (Wildman–Crippen MR) is 234 cm³/mol. The molecule has 276 valence electrons. The lowest BCUT2D eigenvalue weighted by atomic mass is 9.89. The molecule has 0 unspecified atom stereocenters. The van der Waals surface area contributed by atoms with Crippen LogP contribution in [0.1, 0.15) is 57.6 Å². The Kier molecular flexibility index (Phi) is 9.56. The number of aromatic nitrogens is 3. The molecule has 56 heavy (non-hydrogen) atoms. The molecule has 6 aromatic carbocycles. The van der Waals surface area contributed by atoms with Gasteiger partial charge >= 0.3 is 0 Å². The van der Waals surface area contributed by atoms with Gasteiger partial charge in [0.05, 0.1) is 11.0 Å². The number of fused-ring (bicyclic) bond motifs is 3. The minimum atomic E-state index is 0.529. The van der Waals surface area contributed by atoms with Crippen molar-refractivity contribution in [3.8, 4) is 50.5 Å². The van der Waals surface area contributed by atoms with Crippen LogP contribution in [0.25, 0.3) is 77.9 Å². The van der Waals surface area contributed by atoms with Gasteiger partial charge in [0.2, 0.25) is 11.8 Å². The number of benzene rings is 6. The van der Waals surface area contributed by atoms with E-state index in [4.69, 9.17) is 4.42 Å². The molecule has 0 amide bonds. The summed E-state index contributed by atoms with van der Waals surface area (Å²) < 4.78 is 8.52. The van der Waals surface area contributed by atoms with Crippen LogP contribution in [0, 0.1) is 11.8 Å². The Balaban J connectivity index is 1.06. The van der Waals surface area contributed by atoms with Gasteiger partial charge < -0.3 is 8.98 Å². The quantitative estimate of drug-likeness (QED) is 0.141. The lowest BCUT2D eigenvalue weighted by Crippen LogP contribution is -1.96. The van der Waals surface area contributed by atoms with Crippen molar-refractivity contribution in [2.75, 3.05) is 0 Å². The number of nitrogens with zero attached hydrogens (tertiary/aromatic N) is 3. The van der Waals surface area contributed by atoms with Crippen molar-refractivity contribution in [2.24, 2.45) is 11.8 Å². The molecule has 2 aromatic heterocycles. The molecule has 0 aliphatic heterocycles. The molecule has 0 radical (unpaired) electrons. The normalized spacial score (nSPS) is 13.0. The molecule has 0 N–H and O–H groups in total. The third kappa shape index (κ3) is 6.92. The van der Waals surface area contributed by atoms with Gasteiger partial charge in [-0.25, -0.2) is 0 Å². The molecule has 4 nitrogen and oxygen atoms in total. The molecule has 0 saturated heterocycles. The van der Waals surface area contributed by atoms with Crippen LogP contribution in [0.4, 0.5) is 0 Å². The van der Waals surface area contributed by atoms with E-state index >= 15 is 0 Å². The van der Waals surface area contributed by atoms with Crippen molar-refractivity contribution in [3.05, 3.63) is 169 Å². The lowest BCUT2D eigenvalue weighted by molar-refractivity contribution is 0.554. The summed E-state index contributed by atoms with van der Waals surface area (Å²) in [5.74, 6) is 2.31. The molecule has 9 rings (SSSR count). The fraction of sp³-hybridized carbons (Fsp3) is 0.192. The molecule has 8 aromatic rings. The van der Waals surface area contributed by atoms with Crippen LogP contribution in [-0.4, -0.2) is 14.8 Å². The molecule has 1 aliphatic rings. The fourth-order valence-corrected chi connectivity index (χ4v) is 8.34. The first-order valence-electron chi connectivity index (χ1n) is 20.1.